The molecule has 0 bridgehead atoms. The van der Waals surface area contributed by atoms with Crippen LogP contribution in [-0.2, 0) is 15.3 Å². The molecule has 1 heterocycles. The van der Waals surface area contributed by atoms with Gasteiger partial charge in [0.2, 0.25) is 0 Å². The summed E-state index contributed by atoms with van der Waals surface area (Å²) in [6, 6.07) is 10.6. The van der Waals surface area contributed by atoms with Gasteiger partial charge in [-0.1, -0.05) is 27.5 Å². The van der Waals surface area contributed by atoms with Crippen LogP contribution in [0, 0.1) is 0 Å². The molecule has 2 aromatic rings. The predicted octanol–water partition coefficient (Wildman–Crippen LogP) is 3.84. The van der Waals surface area contributed by atoms with E-state index >= 15 is 0 Å². The summed E-state index contributed by atoms with van der Waals surface area (Å²) in [6.07, 6.45) is 0.578. The number of anilines is 2. The van der Waals surface area contributed by atoms with Crippen molar-refractivity contribution in [1.82, 2.24) is 5.32 Å². The second-order valence-corrected chi connectivity index (χ2v) is 7.76. The molecule has 0 saturated carbocycles. The fourth-order valence-electron chi connectivity index (χ4n) is 3.11. The van der Waals surface area contributed by atoms with E-state index in [2.05, 4.69) is 26.6 Å². The normalized spacial score (nSPS) is 18.2. The molecule has 7 nitrogen and oxygen atoms in total. The molecule has 0 radical (unpaired) electrons. The fourth-order valence-corrected chi connectivity index (χ4v) is 3.60. The number of rotatable bonds is 7. The van der Waals surface area contributed by atoms with E-state index in [4.69, 9.17) is 16.3 Å². The van der Waals surface area contributed by atoms with Crippen LogP contribution >= 0.6 is 27.5 Å². The van der Waals surface area contributed by atoms with Gasteiger partial charge in [0.05, 0.1) is 5.69 Å². The monoisotopic (exact) mass is 481 g/mol. The average Bonchev–Trinajstić information content (AvgIpc) is 2.70. The Kier molecular flexibility index (Phi) is 6.79. The largest absolute Gasteiger partial charge is 0.382 e. The third-order valence-electron chi connectivity index (χ3n) is 4.48. The standard InChI is InChI=1S/C20H21BrClN3O4/c1-2-29-11-3-10-23-18(26)20(28)16-12-13(21)4-9-17(16)24-19(27)25(20)15-7-5-14(22)6-8-15/h4-9,12,28H,2-3,10-11H2,1H3,(H,23,26)(H,24,27)/t20-/m1/s1. The molecule has 1 aliphatic heterocycles. The summed E-state index contributed by atoms with van der Waals surface area (Å²) < 4.78 is 5.93. The molecule has 1 aliphatic rings. The number of nitrogens with one attached hydrogen (secondary N) is 2. The van der Waals surface area contributed by atoms with Crippen LogP contribution in [0.1, 0.15) is 18.9 Å². The van der Waals surface area contributed by atoms with Gasteiger partial charge in [0.15, 0.2) is 0 Å². The summed E-state index contributed by atoms with van der Waals surface area (Å²) in [4.78, 5) is 27.1. The van der Waals surface area contributed by atoms with Crippen molar-refractivity contribution in [3.8, 4) is 0 Å². The Hall–Kier alpha value is -2.13. The molecule has 9 heteroatoms. The molecule has 29 heavy (non-hydrogen) atoms. The van der Waals surface area contributed by atoms with Crippen molar-refractivity contribution >= 4 is 50.8 Å². The first-order valence-corrected chi connectivity index (χ1v) is 10.3. The van der Waals surface area contributed by atoms with Crippen molar-refractivity contribution in [1.29, 1.82) is 0 Å². The zero-order valence-electron chi connectivity index (χ0n) is 15.7. The van der Waals surface area contributed by atoms with Gasteiger partial charge < -0.3 is 20.5 Å². The maximum absolute atomic E-state index is 13.2. The molecule has 2 aromatic carbocycles. The van der Waals surface area contributed by atoms with Gasteiger partial charge in [0.1, 0.15) is 0 Å². The molecular weight excluding hydrogens is 462 g/mol. The Morgan fingerprint density at radius 1 is 1.31 bits per heavy atom. The Morgan fingerprint density at radius 3 is 2.72 bits per heavy atom. The summed E-state index contributed by atoms with van der Waals surface area (Å²) in [6.45, 7) is 3.25. The number of aliphatic hydroxyl groups is 1. The van der Waals surface area contributed by atoms with Crippen LogP contribution in [0.2, 0.25) is 5.02 Å². The zero-order valence-corrected chi connectivity index (χ0v) is 18.1. The van der Waals surface area contributed by atoms with Crippen LogP contribution in [-0.4, -0.2) is 36.8 Å². The minimum absolute atomic E-state index is 0.253. The summed E-state index contributed by atoms with van der Waals surface area (Å²) in [5.74, 6) is -0.710. The van der Waals surface area contributed by atoms with Gasteiger partial charge in [0, 0.05) is 40.5 Å². The lowest BCUT2D eigenvalue weighted by atomic mass is 9.94. The van der Waals surface area contributed by atoms with Gasteiger partial charge in [-0.15, -0.1) is 0 Å². The number of nitrogens with zero attached hydrogens (tertiary/aromatic N) is 1. The van der Waals surface area contributed by atoms with Crippen LogP contribution in [0.4, 0.5) is 16.2 Å². The van der Waals surface area contributed by atoms with Gasteiger partial charge in [-0.2, -0.15) is 0 Å². The van der Waals surface area contributed by atoms with E-state index in [1.54, 1.807) is 42.5 Å². The van der Waals surface area contributed by atoms with E-state index in [0.717, 1.165) is 4.90 Å². The number of halogens is 2. The van der Waals surface area contributed by atoms with Crippen molar-refractivity contribution < 1.29 is 19.4 Å². The molecular formula is C20H21BrClN3O4. The topological polar surface area (TPSA) is 90.9 Å². The Bertz CT molecular complexity index is 909. The smallest absolute Gasteiger partial charge is 0.329 e. The number of hydrogen-bond acceptors (Lipinski definition) is 4. The van der Waals surface area contributed by atoms with Crippen LogP contribution in [0.25, 0.3) is 0 Å². The predicted molar refractivity (Wildman–Crippen MR) is 115 cm³/mol. The second-order valence-electron chi connectivity index (χ2n) is 6.41. The quantitative estimate of drug-likeness (QED) is 0.523. The number of fused-ring (bicyclic) bond motifs is 1. The number of amides is 3. The second kappa shape index (κ2) is 9.13. The van der Waals surface area contributed by atoms with Crippen LogP contribution < -0.4 is 15.5 Å². The van der Waals surface area contributed by atoms with Gasteiger partial charge in [0.25, 0.3) is 11.6 Å². The van der Waals surface area contributed by atoms with Gasteiger partial charge >= 0.3 is 6.03 Å². The lowest BCUT2D eigenvalue weighted by molar-refractivity contribution is -0.140. The summed E-state index contributed by atoms with van der Waals surface area (Å²) in [5, 5.41) is 17.5. The average molecular weight is 483 g/mol. The maximum Gasteiger partial charge on any atom is 0.329 e. The number of benzene rings is 2. The van der Waals surface area contributed by atoms with E-state index < -0.39 is 17.7 Å². The molecule has 0 fully saturated rings. The SMILES string of the molecule is CCOCCCNC(=O)[C@]1(O)c2cc(Br)ccc2NC(=O)N1c1ccc(Cl)cc1. The van der Waals surface area contributed by atoms with Crippen LogP contribution in [0.5, 0.6) is 0 Å². The highest BCUT2D eigenvalue weighted by Crippen LogP contribution is 2.41. The van der Waals surface area contributed by atoms with Crippen LogP contribution in [0.3, 0.4) is 0 Å². The van der Waals surface area contributed by atoms with Crippen molar-refractivity contribution in [2.45, 2.75) is 19.1 Å². The highest BCUT2D eigenvalue weighted by molar-refractivity contribution is 9.10. The number of ether oxygens (including phenoxy) is 1. The highest BCUT2D eigenvalue weighted by Gasteiger charge is 2.52. The number of carbonyl (C=O) groups is 2. The van der Waals surface area contributed by atoms with Gasteiger partial charge in [-0.3, -0.25) is 9.69 Å². The molecule has 3 rings (SSSR count). The molecule has 0 aliphatic carbocycles. The van der Waals surface area contributed by atoms with Gasteiger partial charge in [-0.05, 0) is 55.8 Å². The Labute approximate surface area is 182 Å². The first kappa shape index (κ1) is 21.6. The number of carbonyl (C=O) groups excluding carboxylic acids is 2. The molecule has 0 saturated heterocycles. The zero-order chi connectivity index (χ0) is 21.0. The van der Waals surface area contributed by atoms with E-state index in [1.165, 1.54) is 0 Å². The highest BCUT2D eigenvalue weighted by atomic mass is 79.9. The van der Waals surface area contributed by atoms with E-state index in [-0.39, 0.29) is 5.56 Å². The summed E-state index contributed by atoms with van der Waals surface area (Å²) in [5.41, 5.74) is -1.32. The number of urea groups is 1. The first-order chi connectivity index (χ1) is 13.9. The number of hydrogen-bond donors (Lipinski definition) is 3. The first-order valence-electron chi connectivity index (χ1n) is 9.13. The molecule has 154 valence electrons. The minimum atomic E-state index is -2.25. The van der Waals surface area contributed by atoms with Crippen molar-refractivity contribution in [2.24, 2.45) is 0 Å². The van der Waals surface area contributed by atoms with E-state index in [1.807, 2.05) is 6.92 Å². The fraction of sp³-hybridized carbons (Fsp3) is 0.300. The molecule has 3 amide bonds. The lowest BCUT2D eigenvalue weighted by Gasteiger charge is -2.42. The third kappa shape index (κ3) is 4.40. The van der Waals surface area contributed by atoms with E-state index in [0.29, 0.717) is 47.0 Å². The molecule has 1 atom stereocenters. The minimum Gasteiger partial charge on any atom is -0.382 e. The van der Waals surface area contributed by atoms with Crippen molar-refractivity contribution in [2.75, 3.05) is 30.0 Å². The van der Waals surface area contributed by atoms with Gasteiger partial charge in [-0.25, -0.2) is 4.79 Å². The Morgan fingerprint density at radius 2 is 2.03 bits per heavy atom. The third-order valence-corrected chi connectivity index (χ3v) is 5.23. The maximum atomic E-state index is 13.2. The Balaban J connectivity index is 2.00. The van der Waals surface area contributed by atoms with Crippen molar-refractivity contribution in [3.63, 3.8) is 0 Å². The van der Waals surface area contributed by atoms with Crippen LogP contribution in [0.15, 0.2) is 46.9 Å². The van der Waals surface area contributed by atoms with Crippen molar-refractivity contribution in [3.05, 3.63) is 57.5 Å². The summed E-state index contributed by atoms with van der Waals surface area (Å²) >= 11 is 9.32. The molecule has 3 N–H and O–H groups in total. The summed E-state index contributed by atoms with van der Waals surface area (Å²) in [7, 11) is 0. The van der Waals surface area contributed by atoms with E-state index in [9.17, 15) is 14.7 Å². The molecule has 0 unspecified atom stereocenters. The lowest BCUT2D eigenvalue weighted by Crippen LogP contribution is -2.62. The molecule has 0 aromatic heterocycles. The molecule has 0 spiro atoms.